The highest BCUT2D eigenvalue weighted by Crippen LogP contribution is 2.22. The van der Waals surface area contributed by atoms with Gasteiger partial charge in [-0.05, 0) is 43.6 Å². The molecule has 1 saturated heterocycles. The van der Waals surface area contributed by atoms with Gasteiger partial charge in [0.1, 0.15) is 5.82 Å². The molecule has 0 radical (unpaired) electrons. The first-order valence-corrected chi connectivity index (χ1v) is 7.15. The van der Waals surface area contributed by atoms with Gasteiger partial charge in [0, 0.05) is 23.7 Å². The minimum atomic E-state index is -4.15. The Hall–Kier alpha value is -0.850. The molecule has 1 aliphatic rings. The van der Waals surface area contributed by atoms with E-state index in [1.54, 1.807) is 6.07 Å². The third-order valence-corrected chi connectivity index (χ3v) is 3.76. The molecule has 1 atom stereocenters. The highest BCUT2D eigenvalue weighted by Gasteiger charge is 2.34. The molecule has 21 heavy (non-hydrogen) atoms. The second kappa shape index (κ2) is 6.94. The number of hydrogen-bond acceptors (Lipinski definition) is 2. The van der Waals surface area contributed by atoms with E-state index in [0.717, 1.165) is 6.42 Å². The summed E-state index contributed by atoms with van der Waals surface area (Å²) < 4.78 is 50.3. The van der Waals surface area contributed by atoms with E-state index < -0.39 is 12.7 Å². The molecule has 0 amide bonds. The molecule has 2 rings (SSSR count). The molecule has 1 aliphatic heterocycles. The maximum Gasteiger partial charge on any atom is 0.401 e. The van der Waals surface area contributed by atoms with Gasteiger partial charge in [-0.15, -0.1) is 0 Å². The first kappa shape index (κ1) is 16.5. The van der Waals surface area contributed by atoms with E-state index in [1.807, 2.05) is 0 Å². The fourth-order valence-electron chi connectivity index (χ4n) is 2.57. The zero-order chi connectivity index (χ0) is 15.5. The molecule has 2 nitrogen and oxygen atoms in total. The van der Waals surface area contributed by atoms with E-state index in [4.69, 9.17) is 11.6 Å². The van der Waals surface area contributed by atoms with Crippen LogP contribution >= 0.6 is 11.6 Å². The molecule has 0 bridgehead atoms. The van der Waals surface area contributed by atoms with Crippen molar-refractivity contribution >= 4 is 11.6 Å². The highest BCUT2D eigenvalue weighted by atomic mass is 35.5. The summed E-state index contributed by atoms with van der Waals surface area (Å²) in [7, 11) is 0. The maximum absolute atomic E-state index is 13.5. The van der Waals surface area contributed by atoms with Crippen molar-refractivity contribution in [3.05, 3.63) is 34.6 Å². The van der Waals surface area contributed by atoms with E-state index in [9.17, 15) is 17.6 Å². The van der Waals surface area contributed by atoms with Crippen molar-refractivity contribution in [1.29, 1.82) is 0 Å². The van der Waals surface area contributed by atoms with Gasteiger partial charge < -0.3 is 5.32 Å². The van der Waals surface area contributed by atoms with Crippen LogP contribution in [0.15, 0.2) is 18.2 Å². The average Bonchev–Trinajstić information content (AvgIpc) is 2.79. The van der Waals surface area contributed by atoms with Crippen LogP contribution in [0.2, 0.25) is 5.02 Å². The number of alkyl halides is 3. The van der Waals surface area contributed by atoms with Gasteiger partial charge in [0.05, 0.1) is 6.54 Å². The first-order chi connectivity index (χ1) is 9.83. The lowest BCUT2D eigenvalue weighted by Crippen LogP contribution is -2.33. The molecule has 118 valence electrons. The lowest BCUT2D eigenvalue weighted by atomic mass is 10.1. The third-order valence-electron chi connectivity index (χ3n) is 3.53. The van der Waals surface area contributed by atoms with Crippen LogP contribution < -0.4 is 5.32 Å². The number of nitrogens with zero attached hydrogens (tertiary/aromatic N) is 1. The van der Waals surface area contributed by atoms with Crippen molar-refractivity contribution in [2.24, 2.45) is 5.92 Å². The number of likely N-dealkylation sites (tertiary alicyclic amines) is 1. The van der Waals surface area contributed by atoms with E-state index in [-0.39, 0.29) is 11.7 Å². The molecule has 1 N–H and O–H groups in total. The Morgan fingerprint density at radius 3 is 2.81 bits per heavy atom. The Kier molecular flexibility index (Phi) is 5.46. The van der Waals surface area contributed by atoms with Crippen molar-refractivity contribution < 1.29 is 17.6 Å². The summed E-state index contributed by atoms with van der Waals surface area (Å²) in [6.45, 7) is 0.914. The van der Waals surface area contributed by atoms with Gasteiger partial charge >= 0.3 is 6.18 Å². The molecule has 1 unspecified atom stereocenters. The summed E-state index contributed by atoms with van der Waals surface area (Å²) in [6.07, 6.45) is -3.42. The van der Waals surface area contributed by atoms with Gasteiger partial charge in [-0.1, -0.05) is 11.6 Å². The molecule has 1 aromatic carbocycles. The first-order valence-electron chi connectivity index (χ1n) is 6.77. The fraction of sp³-hybridized carbons (Fsp3) is 0.571. The number of nitrogens with one attached hydrogen (secondary N) is 1. The average molecular weight is 325 g/mol. The van der Waals surface area contributed by atoms with Gasteiger partial charge in [0.2, 0.25) is 0 Å². The van der Waals surface area contributed by atoms with Gasteiger partial charge in [-0.2, -0.15) is 13.2 Å². The van der Waals surface area contributed by atoms with Crippen LogP contribution in [0, 0.1) is 11.7 Å². The number of hydrogen-bond donors (Lipinski definition) is 1. The summed E-state index contributed by atoms with van der Waals surface area (Å²) in [6, 6.07) is 4.33. The van der Waals surface area contributed by atoms with E-state index in [2.05, 4.69) is 5.32 Å². The van der Waals surface area contributed by atoms with Crippen molar-refractivity contribution in [2.45, 2.75) is 19.1 Å². The van der Waals surface area contributed by atoms with Gasteiger partial charge in [-0.25, -0.2) is 4.39 Å². The maximum atomic E-state index is 13.5. The SMILES string of the molecule is Fc1ccc(Cl)cc1CNCC1CCN(CC(F)(F)F)C1. The van der Waals surface area contributed by atoms with Crippen molar-refractivity contribution in [1.82, 2.24) is 10.2 Å². The van der Waals surface area contributed by atoms with Gasteiger partial charge in [0.25, 0.3) is 0 Å². The second-order valence-corrected chi connectivity index (χ2v) is 5.81. The third kappa shape index (κ3) is 5.45. The number of benzene rings is 1. The summed E-state index contributed by atoms with van der Waals surface area (Å²) >= 11 is 5.80. The monoisotopic (exact) mass is 324 g/mol. The molecule has 0 spiro atoms. The predicted molar refractivity (Wildman–Crippen MR) is 73.7 cm³/mol. The normalized spacial score (nSPS) is 20.1. The number of rotatable bonds is 5. The lowest BCUT2D eigenvalue weighted by Gasteiger charge is -2.18. The summed E-state index contributed by atoms with van der Waals surface area (Å²) in [5.74, 6) is -0.174. The lowest BCUT2D eigenvalue weighted by molar-refractivity contribution is -0.143. The molecule has 0 saturated carbocycles. The summed E-state index contributed by atoms with van der Waals surface area (Å²) in [5.41, 5.74) is 0.465. The molecule has 1 aromatic rings. The van der Waals surface area contributed by atoms with Crippen LogP contribution in [-0.2, 0) is 6.54 Å². The molecule has 7 heteroatoms. The minimum Gasteiger partial charge on any atom is -0.312 e. The molecular weight excluding hydrogens is 308 g/mol. The van der Waals surface area contributed by atoms with Gasteiger partial charge in [-0.3, -0.25) is 4.90 Å². The standard InChI is InChI=1S/C14H17ClF4N2/c15-12-1-2-13(16)11(5-12)7-20-6-10-3-4-21(8-10)9-14(17,18)19/h1-2,5,10,20H,3-4,6-9H2. The summed E-state index contributed by atoms with van der Waals surface area (Å²) in [4.78, 5) is 1.41. The highest BCUT2D eigenvalue weighted by molar-refractivity contribution is 6.30. The van der Waals surface area contributed by atoms with Crippen molar-refractivity contribution in [3.8, 4) is 0 Å². The smallest absolute Gasteiger partial charge is 0.312 e. The Labute approximate surface area is 126 Å². The van der Waals surface area contributed by atoms with Crippen LogP contribution in [0.5, 0.6) is 0 Å². The van der Waals surface area contributed by atoms with E-state index in [1.165, 1.54) is 17.0 Å². The molecule has 1 heterocycles. The largest absolute Gasteiger partial charge is 0.401 e. The Balaban J connectivity index is 1.74. The Bertz CT molecular complexity index is 479. The number of halogens is 5. The van der Waals surface area contributed by atoms with Crippen molar-refractivity contribution in [3.63, 3.8) is 0 Å². The van der Waals surface area contributed by atoms with Crippen LogP contribution in [0.25, 0.3) is 0 Å². The molecule has 1 fully saturated rings. The molecular formula is C14H17ClF4N2. The Morgan fingerprint density at radius 2 is 2.10 bits per heavy atom. The van der Waals surface area contributed by atoms with E-state index in [0.29, 0.717) is 36.8 Å². The van der Waals surface area contributed by atoms with Crippen LogP contribution in [0.4, 0.5) is 17.6 Å². The molecule has 0 aliphatic carbocycles. The van der Waals surface area contributed by atoms with Crippen LogP contribution in [0.1, 0.15) is 12.0 Å². The fourth-order valence-corrected chi connectivity index (χ4v) is 2.76. The zero-order valence-corrected chi connectivity index (χ0v) is 12.1. The van der Waals surface area contributed by atoms with Crippen LogP contribution in [0.3, 0.4) is 0 Å². The van der Waals surface area contributed by atoms with Crippen LogP contribution in [-0.4, -0.2) is 37.3 Å². The zero-order valence-electron chi connectivity index (χ0n) is 11.4. The second-order valence-electron chi connectivity index (χ2n) is 5.37. The van der Waals surface area contributed by atoms with Crippen molar-refractivity contribution in [2.75, 3.05) is 26.2 Å². The quantitative estimate of drug-likeness (QED) is 0.835. The van der Waals surface area contributed by atoms with E-state index >= 15 is 0 Å². The topological polar surface area (TPSA) is 15.3 Å². The summed E-state index contributed by atoms with van der Waals surface area (Å²) in [5, 5.41) is 3.55. The van der Waals surface area contributed by atoms with Gasteiger partial charge in [0.15, 0.2) is 0 Å². The molecule has 0 aromatic heterocycles. The minimum absolute atomic E-state index is 0.162. The predicted octanol–water partition coefficient (Wildman–Crippen LogP) is 3.45. The Morgan fingerprint density at radius 1 is 1.33 bits per heavy atom.